The van der Waals surface area contributed by atoms with E-state index in [9.17, 15) is 9.59 Å². The Labute approximate surface area is 111 Å². The SMILES string of the molecule is N[C@@H](CCCN=C1NC(=O)C(CCCO)N1)C(=O)O. The maximum atomic E-state index is 11.5. The molecule has 0 radical (unpaired) electrons. The van der Waals surface area contributed by atoms with Crippen LogP contribution in [0, 0.1) is 0 Å². The van der Waals surface area contributed by atoms with Crippen LogP contribution in [0.25, 0.3) is 0 Å². The number of aliphatic carboxylic acids is 1. The lowest BCUT2D eigenvalue weighted by Gasteiger charge is -2.06. The minimum absolute atomic E-state index is 0.0466. The number of hydrogen-bond donors (Lipinski definition) is 5. The van der Waals surface area contributed by atoms with Crippen LogP contribution in [0.3, 0.4) is 0 Å². The van der Waals surface area contributed by atoms with E-state index >= 15 is 0 Å². The van der Waals surface area contributed by atoms with E-state index < -0.39 is 12.0 Å². The van der Waals surface area contributed by atoms with E-state index in [1.54, 1.807) is 0 Å². The largest absolute Gasteiger partial charge is 0.480 e. The minimum Gasteiger partial charge on any atom is -0.480 e. The Hall–Kier alpha value is -1.67. The van der Waals surface area contributed by atoms with Gasteiger partial charge in [0.05, 0.1) is 0 Å². The van der Waals surface area contributed by atoms with Crippen molar-refractivity contribution in [1.29, 1.82) is 0 Å². The van der Waals surface area contributed by atoms with Gasteiger partial charge in [-0.05, 0) is 25.7 Å². The van der Waals surface area contributed by atoms with E-state index in [1.807, 2.05) is 0 Å². The van der Waals surface area contributed by atoms with Gasteiger partial charge < -0.3 is 21.3 Å². The normalized spacial score (nSPS) is 22.1. The summed E-state index contributed by atoms with van der Waals surface area (Å²) in [7, 11) is 0. The predicted octanol–water partition coefficient (Wildman–Crippen LogP) is -1.60. The van der Waals surface area contributed by atoms with Crippen molar-refractivity contribution in [3.05, 3.63) is 0 Å². The first-order valence-electron chi connectivity index (χ1n) is 6.25. The zero-order valence-electron chi connectivity index (χ0n) is 10.6. The molecule has 1 unspecified atom stereocenters. The fourth-order valence-corrected chi connectivity index (χ4v) is 1.68. The molecule has 0 aromatic carbocycles. The van der Waals surface area contributed by atoms with Crippen molar-refractivity contribution in [2.75, 3.05) is 13.2 Å². The molecule has 0 aromatic rings. The lowest BCUT2D eigenvalue weighted by molar-refractivity contribution is -0.138. The summed E-state index contributed by atoms with van der Waals surface area (Å²) in [6.45, 7) is 0.446. The van der Waals surface area contributed by atoms with Crippen molar-refractivity contribution < 1.29 is 19.8 Å². The molecule has 0 aliphatic carbocycles. The topological polar surface area (TPSA) is 137 Å². The van der Waals surface area contributed by atoms with E-state index in [0.717, 1.165) is 0 Å². The molecule has 1 aliphatic rings. The number of carboxylic acid groups (broad SMARTS) is 1. The summed E-state index contributed by atoms with van der Waals surface area (Å²) in [5, 5.41) is 22.8. The number of nitrogens with zero attached hydrogens (tertiary/aromatic N) is 1. The smallest absolute Gasteiger partial charge is 0.320 e. The molecule has 1 saturated heterocycles. The first-order valence-corrected chi connectivity index (χ1v) is 6.25. The zero-order chi connectivity index (χ0) is 14.3. The summed E-state index contributed by atoms with van der Waals surface area (Å²) in [5.41, 5.74) is 5.35. The van der Waals surface area contributed by atoms with Crippen LogP contribution in [0.2, 0.25) is 0 Å². The van der Waals surface area contributed by atoms with Gasteiger partial charge in [-0.3, -0.25) is 19.9 Å². The highest BCUT2D eigenvalue weighted by atomic mass is 16.4. The molecular weight excluding hydrogens is 252 g/mol. The maximum absolute atomic E-state index is 11.5. The lowest BCUT2D eigenvalue weighted by Crippen LogP contribution is -2.30. The number of guanidine groups is 1. The standard InChI is InChI=1S/C11H20N4O4/c12-7(10(18)19)3-1-5-13-11-14-8(4-2-6-16)9(17)15-11/h7-8,16H,1-6,12H2,(H,18,19)(H2,13,14,15,17)/t7-,8?/m0/s1. The van der Waals surface area contributed by atoms with Crippen LogP contribution in [0.5, 0.6) is 0 Å². The molecule has 6 N–H and O–H groups in total. The lowest BCUT2D eigenvalue weighted by atomic mass is 10.2. The number of nitrogens with one attached hydrogen (secondary N) is 2. The average molecular weight is 272 g/mol. The number of carbonyl (C=O) groups excluding carboxylic acids is 1. The third kappa shape index (κ3) is 5.23. The Morgan fingerprint density at radius 1 is 1.47 bits per heavy atom. The summed E-state index contributed by atoms with van der Waals surface area (Å²) in [6, 6.07) is -1.23. The van der Waals surface area contributed by atoms with Crippen LogP contribution in [0.4, 0.5) is 0 Å². The summed E-state index contributed by atoms with van der Waals surface area (Å²) < 4.78 is 0. The second-order valence-electron chi connectivity index (χ2n) is 4.37. The van der Waals surface area contributed by atoms with Crippen LogP contribution < -0.4 is 16.4 Å². The van der Waals surface area contributed by atoms with E-state index in [1.165, 1.54) is 0 Å². The van der Waals surface area contributed by atoms with Gasteiger partial charge in [-0.25, -0.2) is 0 Å². The Morgan fingerprint density at radius 3 is 2.84 bits per heavy atom. The Kier molecular flexibility index (Phi) is 6.23. The molecule has 19 heavy (non-hydrogen) atoms. The highest BCUT2D eigenvalue weighted by molar-refractivity contribution is 6.06. The fourth-order valence-electron chi connectivity index (χ4n) is 1.68. The monoisotopic (exact) mass is 272 g/mol. The first-order chi connectivity index (χ1) is 9.04. The van der Waals surface area contributed by atoms with Crippen LogP contribution in [0.1, 0.15) is 25.7 Å². The zero-order valence-corrected chi connectivity index (χ0v) is 10.6. The number of carboxylic acids is 1. The number of aliphatic hydroxyl groups is 1. The molecule has 8 heteroatoms. The predicted molar refractivity (Wildman–Crippen MR) is 68.5 cm³/mol. The van der Waals surface area contributed by atoms with Crippen molar-refractivity contribution in [3.8, 4) is 0 Å². The Morgan fingerprint density at radius 2 is 2.21 bits per heavy atom. The van der Waals surface area contributed by atoms with E-state index in [4.69, 9.17) is 15.9 Å². The molecule has 1 fully saturated rings. The molecule has 1 aliphatic heterocycles. The first kappa shape index (κ1) is 15.4. The summed E-state index contributed by atoms with van der Waals surface area (Å²) in [6.07, 6.45) is 1.97. The van der Waals surface area contributed by atoms with Gasteiger partial charge in [0.25, 0.3) is 0 Å². The molecule has 0 aromatic heterocycles. The van der Waals surface area contributed by atoms with Gasteiger partial charge in [0.1, 0.15) is 12.1 Å². The number of nitrogens with two attached hydrogens (primary N) is 1. The van der Waals surface area contributed by atoms with Gasteiger partial charge in [-0.1, -0.05) is 0 Å². The molecule has 1 rings (SSSR count). The third-order valence-corrected chi connectivity index (χ3v) is 2.78. The molecule has 0 spiro atoms. The molecule has 8 nitrogen and oxygen atoms in total. The second-order valence-corrected chi connectivity index (χ2v) is 4.37. The van der Waals surface area contributed by atoms with Gasteiger partial charge in [-0.2, -0.15) is 0 Å². The van der Waals surface area contributed by atoms with Gasteiger partial charge in [0.2, 0.25) is 5.91 Å². The average Bonchev–Trinajstić information content (AvgIpc) is 2.72. The van der Waals surface area contributed by atoms with Crippen molar-refractivity contribution in [3.63, 3.8) is 0 Å². The molecule has 108 valence electrons. The fraction of sp³-hybridized carbons (Fsp3) is 0.727. The highest BCUT2D eigenvalue weighted by Gasteiger charge is 2.27. The molecule has 2 atom stereocenters. The molecular formula is C11H20N4O4. The van der Waals surface area contributed by atoms with Crippen LogP contribution in [-0.4, -0.2) is 53.3 Å². The van der Waals surface area contributed by atoms with E-state index in [0.29, 0.717) is 38.2 Å². The number of amides is 1. The number of hydrogen-bond acceptors (Lipinski definition) is 5. The van der Waals surface area contributed by atoms with Gasteiger partial charge in [0, 0.05) is 13.2 Å². The number of rotatable bonds is 8. The summed E-state index contributed by atoms with van der Waals surface area (Å²) in [5.74, 6) is -0.782. The van der Waals surface area contributed by atoms with E-state index in [2.05, 4.69) is 15.6 Å². The van der Waals surface area contributed by atoms with Gasteiger partial charge >= 0.3 is 5.97 Å². The van der Waals surface area contributed by atoms with Crippen molar-refractivity contribution >= 4 is 17.8 Å². The summed E-state index contributed by atoms with van der Waals surface area (Å²) >= 11 is 0. The number of aliphatic imine (C=N–C) groups is 1. The number of carbonyl (C=O) groups is 2. The van der Waals surface area contributed by atoms with Gasteiger partial charge in [0.15, 0.2) is 5.96 Å². The van der Waals surface area contributed by atoms with Crippen LogP contribution in [0.15, 0.2) is 4.99 Å². The Balaban J connectivity index is 2.27. The number of aliphatic hydroxyl groups excluding tert-OH is 1. The van der Waals surface area contributed by atoms with Crippen LogP contribution in [-0.2, 0) is 9.59 Å². The molecule has 1 heterocycles. The van der Waals surface area contributed by atoms with Gasteiger partial charge in [-0.15, -0.1) is 0 Å². The third-order valence-electron chi connectivity index (χ3n) is 2.78. The second kappa shape index (κ2) is 7.70. The van der Waals surface area contributed by atoms with Crippen molar-refractivity contribution in [2.45, 2.75) is 37.8 Å². The molecule has 1 amide bonds. The van der Waals surface area contributed by atoms with Crippen LogP contribution >= 0.6 is 0 Å². The van der Waals surface area contributed by atoms with Crippen molar-refractivity contribution in [1.82, 2.24) is 10.6 Å². The highest BCUT2D eigenvalue weighted by Crippen LogP contribution is 2.02. The maximum Gasteiger partial charge on any atom is 0.320 e. The quantitative estimate of drug-likeness (QED) is 0.337. The van der Waals surface area contributed by atoms with Crippen molar-refractivity contribution in [2.24, 2.45) is 10.7 Å². The van der Waals surface area contributed by atoms with E-state index in [-0.39, 0.29) is 18.6 Å². The molecule has 0 saturated carbocycles. The minimum atomic E-state index is -1.02. The Bertz CT molecular complexity index is 359. The summed E-state index contributed by atoms with van der Waals surface area (Å²) in [4.78, 5) is 26.1. The molecule has 0 bridgehead atoms.